The Balaban J connectivity index is 0.00000288. The number of halogens is 2. The Morgan fingerprint density at radius 2 is 1.88 bits per heavy atom. The first-order valence-corrected chi connectivity index (χ1v) is 8.62. The van der Waals surface area contributed by atoms with Gasteiger partial charge in [0.2, 0.25) is 0 Å². The van der Waals surface area contributed by atoms with Crippen molar-refractivity contribution in [3.05, 3.63) is 35.6 Å². The summed E-state index contributed by atoms with van der Waals surface area (Å²) < 4.78 is 12.9. The van der Waals surface area contributed by atoms with Gasteiger partial charge in [-0.1, -0.05) is 19.1 Å². The molecule has 1 aromatic carbocycles. The van der Waals surface area contributed by atoms with Crippen LogP contribution in [0.4, 0.5) is 4.39 Å². The van der Waals surface area contributed by atoms with Gasteiger partial charge in [0.25, 0.3) is 0 Å². The van der Waals surface area contributed by atoms with Crippen molar-refractivity contribution in [2.75, 3.05) is 33.2 Å². The molecule has 4 nitrogen and oxygen atoms in total. The number of nitrogens with one attached hydrogen (secondary N) is 2. The number of aliphatic imine (C=N–C) groups is 1. The Labute approximate surface area is 162 Å². The second kappa shape index (κ2) is 11.6. The third-order valence-electron chi connectivity index (χ3n) is 4.60. The molecule has 1 aromatic rings. The van der Waals surface area contributed by atoms with E-state index in [1.807, 2.05) is 0 Å². The van der Waals surface area contributed by atoms with E-state index in [4.69, 9.17) is 0 Å². The summed E-state index contributed by atoms with van der Waals surface area (Å²) in [5.41, 5.74) is 1.04. The van der Waals surface area contributed by atoms with E-state index in [9.17, 15) is 4.39 Å². The molecule has 6 heteroatoms. The van der Waals surface area contributed by atoms with Crippen LogP contribution < -0.4 is 10.6 Å². The SMILES string of the molecule is CCN1CCC(CCNC(=NC)NCc2ccc(F)cc2)CC1.I. The van der Waals surface area contributed by atoms with E-state index < -0.39 is 0 Å². The molecular formula is C18H30FIN4. The topological polar surface area (TPSA) is 39.7 Å². The molecule has 1 saturated heterocycles. The molecule has 0 aliphatic carbocycles. The van der Waals surface area contributed by atoms with Crippen molar-refractivity contribution in [1.82, 2.24) is 15.5 Å². The molecule has 0 saturated carbocycles. The number of rotatable bonds is 6. The molecule has 2 N–H and O–H groups in total. The largest absolute Gasteiger partial charge is 0.356 e. The third kappa shape index (κ3) is 7.34. The van der Waals surface area contributed by atoms with E-state index in [0.717, 1.165) is 24.0 Å². The van der Waals surface area contributed by atoms with E-state index in [1.165, 1.54) is 51.0 Å². The quantitative estimate of drug-likeness (QED) is 0.399. The van der Waals surface area contributed by atoms with Gasteiger partial charge in [-0.15, -0.1) is 24.0 Å². The molecule has 136 valence electrons. The van der Waals surface area contributed by atoms with Crippen molar-refractivity contribution >= 4 is 29.9 Å². The maximum absolute atomic E-state index is 12.9. The number of hydrogen-bond acceptors (Lipinski definition) is 2. The number of guanidine groups is 1. The van der Waals surface area contributed by atoms with E-state index in [1.54, 1.807) is 19.2 Å². The fourth-order valence-electron chi connectivity index (χ4n) is 2.99. The van der Waals surface area contributed by atoms with Crippen LogP contribution in [0.5, 0.6) is 0 Å². The lowest BCUT2D eigenvalue weighted by Crippen LogP contribution is -2.39. The van der Waals surface area contributed by atoms with Crippen molar-refractivity contribution < 1.29 is 4.39 Å². The molecule has 1 heterocycles. The number of hydrogen-bond donors (Lipinski definition) is 2. The summed E-state index contributed by atoms with van der Waals surface area (Å²) in [5.74, 6) is 1.42. The van der Waals surface area contributed by atoms with Gasteiger partial charge in [0.1, 0.15) is 5.82 Å². The summed E-state index contributed by atoms with van der Waals surface area (Å²) in [4.78, 5) is 6.76. The van der Waals surface area contributed by atoms with Gasteiger partial charge in [-0.3, -0.25) is 4.99 Å². The highest BCUT2D eigenvalue weighted by Gasteiger charge is 2.17. The van der Waals surface area contributed by atoms with E-state index in [-0.39, 0.29) is 29.8 Å². The summed E-state index contributed by atoms with van der Waals surface area (Å²) in [7, 11) is 1.78. The molecule has 0 atom stereocenters. The van der Waals surface area contributed by atoms with Crippen LogP contribution in [0.25, 0.3) is 0 Å². The molecule has 0 aromatic heterocycles. The zero-order valence-corrected chi connectivity index (χ0v) is 17.1. The van der Waals surface area contributed by atoms with Gasteiger partial charge in [0.05, 0.1) is 0 Å². The Bertz CT molecular complexity index is 484. The summed E-state index contributed by atoms with van der Waals surface area (Å²) in [5, 5.41) is 6.64. The molecule has 2 rings (SSSR count). The second-order valence-corrected chi connectivity index (χ2v) is 6.15. The fourth-order valence-corrected chi connectivity index (χ4v) is 2.99. The van der Waals surface area contributed by atoms with Gasteiger partial charge >= 0.3 is 0 Å². The molecule has 24 heavy (non-hydrogen) atoms. The lowest BCUT2D eigenvalue weighted by molar-refractivity contribution is 0.187. The van der Waals surface area contributed by atoms with Crippen molar-refractivity contribution in [3.63, 3.8) is 0 Å². The molecule has 0 spiro atoms. The normalized spacial score (nSPS) is 16.5. The Kier molecular flexibility index (Phi) is 10.2. The van der Waals surface area contributed by atoms with Crippen LogP contribution in [-0.4, -0.2) is 44.1 Å². The predicted octanol–water partition coefficient (Wildman–Crippen LogP) is 3.23. The van der Waals surface area contributed by atoms with Crippen LogP contribution in [0, 0.1) is 11.7 Å². The van der Waals surface area contributed by atoms with Gasteiger partial charge in [-0.25, -0.2) is 4.39 Å². The molecule has 0 unspecified atom stereocenters. The maximum Gasteiger partial charge on any atom is 0.191 e. The van der Waals surface area contributed by atoms with Crippen LogP contribution in [0.2, 0.25) is 0 Å². The van der Waals surface area contributed by atoms with Gasteiger partial charge < -0.3 is 15.5 Å². The first-order chi connectivity index (χ1) is 11.2. The molecule has 0 bridgehead atoms. The van der Waals surface area contributed by atoms with Crippen molar-refractivity contribution in [2.24, 2.45) is 10.9 Å². The average Bonchev–Trinajstić information content (AvgIpc) is 2.60. The van der Waals surface area contributed by atoms with Gasteiger partial charge in [0, 0.05) is 20.1 Å². The van der Waals surface area contributed by atoms with E-state index >= 15 is 0 Å². The van der Waals surface area contributed by atoms with Gasteiger partial charge in [-0.2, -0.15) is 0 Å². The van der Waals surface area contributed by atoms with Crippen molar-refractivity contribution in [3.8, 4) is 0 Å². The molecular weight excluding hydrogens is 418 g/mol. The highest BCUT2D eigenvalue weighted by Crippen LogP contribution is 2.19. The minimum absolute atomic E-state index is 0. The lowest BCUT2D eigenvalue weighted by Gasteiger charge is -2.31. The second-order valence-electron chi connectivity index (χ2n) is 6.15. The Morgan fingerprint density at radius 3 is 2.46 bits per heavy atom. The number of piperidine rings is 1. The Hall–Kier alpha value is -0.890. The first-order valence-electron chi connectivity index (χ1n) is 8.62. The minimum Gasteiger partial charge on any atom is -0.356 e. The molecule has 1 aliphatic heterocycles. The smallest absolute Gasteiger partial charge is 0.191 e. The van der Waals surface area contributed by atoms with Crippen molar-refractivity contribution in [1.29, 1.82) is 0 Å². The standard InChI is InChI=1S/C18H29FN4.HI/c1-3-23-12-9-15(10-13-23)8-11-21-18(20-2)22-14-16-4-6-17(19)7-5-16;/h4-7,15H,3,8-14H2,1-2H3,(H2,20,21,22);1H. The zero-order chi connectivity index (χ0) is 16.5. The average molecular weight is 448 g/mol. The van der Waals surface area contributed by atoms with E-state index in [2.05, 4.69) is 27.4 Å². The molecule has 1 fully saturated rings. The van der Waals surface area contributed by atoms with E-state index in [0.29, 0.717) is 6.54 Å². The molecule has 1 aliphatic rings. The summed E-state index contributed by atoms with van der Waals surface area (Å²) in [6.07, 6.45) is 3.79. The summed E-state index contributed by atoms with van der Waals surface area (Å²) in [6.45, 7) is 7.47. The lowest BCUT2D eigenvalue weighted by atomic mass is 9.93. The summed E-state index contributed by atoms with van der Waals surface area (Å²) in [6, 6.07) is 6.54. The monoisotopic (exact) mass is 448 g/mol. The molecule has 0 amide bonds. The summed E-state index contributed by atoms with van der Waals surface area (Å²) >= 11 is 0. The fraction of sp³-hybridized carbons (Fsp3) is 0.611. The number of benzene rings is 1. The van der Waals surface area contributed by atoms with Crippen LogP contribution in [0.3, 0.4) is 0 Å². The maximum atomic E-state index is 12.9. The third-order valence-corrected chi connectivity index (χ3v) is 4.60. The minimum atomic E-state index is -0.203. The van der Waals surface area contributed by atoms with Crippen molar-refractivity contribution in [2.45, 2.75) is 32.7 Å². The van der Waals surface area contributed by atoms with Gasteiger partial charge in [-0.05, 0) is 62.5 Å². The van der Waals surface area contributed by atoms with Gasteiger partial charge in [0.15, 0.2) is 5.96 Å². The predicted molar refractivity (Wildman–Crippen MR) is 109 cm³/mol. The van der Waals surface area contributed by atoms with Crippen LogP contribution >= 0.6 is 24.0 Å². The first kappa shape index (κ1) is 21.2. The van der Waals surface area contributed by atoms with Crippen LogP contribution in [0.15, 0.2) is 29.3 Å². The Morgan fingerprint density at radius 1 is 1.21 bits per heavy atom. The highest BCUT2D eigenvalue weighted by molar-refractivity contribution is 14.0. The zero-order valence-electron chi connectivity index (χ0n) is 14.7. The van der Waals surface area contributed by atoms with Crippen LogP contribution in [0.1, 0.15) is 31.7 Å². The highest BCUT2D eigenvalue weighted by atomic mass is 127. The molecule has 0 radical (unpaired) electrons. The number of likely N-dealkylation sites (tertiary alicyclic amines) is 1. The number of nitrogens with zero attached hydrogens (tertiary/aromatic N) is 2. The van der Waals surface area contributed by atoms with Crippen LogP contribution in [-0.2, 0) is 6.54 Å².